The van der Waals surface area contributed by atoms with Gasteiger partial charge in [0.2, 0.25) is 0 Å². The molecular weight excluding hydrogens is 299 g/mol. The monoisotopic (exact) mass is 308 g/mol. The van der Waals surface area contributed by atoms with Gasteiger partial charge in [-0.3, -0.25) is 0 Å². The third-order valence-corrected chi connectivity index (χ3v) is 3.23. The van der Waals surface area contributed by atoms with E-state index in [2.05, 4.69) is 4.74 Å². The van der Waals surface area contributed by atoms with Crippen molar-refractivity contribution in [1.82, 2.24) is 0 Å². The molecule has 0 aliphatic rings. The molecule has 4 nitrogen and oxygen atoms in total. The number of carbonyl (C=O) groups excluding carboxylic acids is 1. The number of carbonyl (C=O) groups is 2. The van der Waals surface area contributed by atoms with Crippen LogP contribution in [0.15, 0.2) is 36.4 Å². The summed E-state index contributed by atoms with van der Waals surface area (Å²) < 4.78 is 18.4. The molecule has 0 aliphatic heterocycles. The SMILES string of the molecule is COC(=O)c1ccc(-c2cc(C(=O)O)ccc2Cl)cc1F. The second kappa shape index (κ2) is 5.93. The predicted octanol–water partition coefficient (Wildman–Crippen LogP) is 3.63. The summed E-state index contributed by atoms with van der Waals surface area (Å²) in [4.78, 5) is 22.3. The number of rotatable bonds is 3. The Bertz CT molecular complexity index is 728. The average Bonchev–Trinajstić information content (AvgIpc) is 2.46. The van der Waals surface area contributed by atoms with Crippen LogP contribution in [0, 0.1) is 5.82 Å². The maximum Gasteiger partial charge on any atom is 0.340 e. The quantitative estimate of drug-likeness (QED) is 0.879. The Morgan fingerprint density at radius 2 is 1.90 bits per heavy atom. The van der Waals surface area contributed by atoms with Crippen molar-refractivity contribution in [1.29, 1.82) is 0 Å². The van der Waals surface area contributed by atoms with Crippen molar-refractivity contribution in [3.8, 4) is 11.1 Å². The van der Waals surface area contributed by atoms with E-state index in [9.17, 15) is 14.0 Å². The third kappa shape index (κ3) is 3.03. The van der Waals surface area contributed by atoms with Crippen molar-refractivity contribution in [3.05, 3.63) is 58.4 Å². The first-order chi connectivity index (χ1) is 9.93. The lowest BCUT2D eigenvalue weighted by molar-refractivity contribution is 0.0594. The lowest BCUT2D eigenvalue weighted by Gasteiger charge is -2.08. The molecular formula is C15H10ClFO4. The highest BCUT2D eigenvalue weighted by Gasteiger charge is 2.15. The largest absolute Gasteiger partial charge is 0.478 e. The summed E-state index contributed by atoms with van der Waals surface area (Å²) in [5.74, 6) is -2.67. The van der Waals surface area contributed by atoms with Crippen LogP contribution >= 0.6 is 11.6 Å². The first-order valence-corrected chi connectivity index (χ1v) is 6.23. The van der Waals surface area contributed by atoms with E-state index in [0.717, 1.165) is 13.2 Å². The summed E-state index contributed by atoms with van der Waals surface area (Å²) >= 11 is 6.01. The van der Waals surface area contributed by atoms with Gasteiger partial charge in [-0.1, -0.05) is 17.7 Å². The predicted molar refractivity (Wildman–Crippen MR) is 75.1 cm³/mol. The molecule has 0 aromatic heterocycles. The molecule has 6 heteroatoms. The van der Waals surface area contributed by atoms with Gasteiger partial charge in [-0.25, -0.2) is 14.0 Å². The van der Waals surface area contributed by atoms with E-state index in [1.54, 1.807) is 0 Å². The van der Waals surface area contributed by atoms with E-state index < -0.39 is 17.8 Å². The Kier molecular flexibility index (Phi) is 4.23. The molecule has 0 radical (unpaired) electrons. The van der Waals surface area contributed by atoms with Gasteiger partial charge in [-0.2, -0.15) is 0 Å². The first-order valence-electron chi connectivity index (χ1n) is 5.85. The van der Waals surface area contributed by atoms with E-state index in [4.69, 9.17) is 16.7 Å². The van der Waals surface area contributed by atoms with Crippen LogP contribution < -0.4 is 0 Å². The van der Waals surface area contributed by atoms with Crippen LogP contribution in [0.25, 0.3) is 11.1 Å². The third-order valence-electron chi connectivity index (χ3n) is 2.90. The summed E-state index contributed by atoms with van der Waals surface area (Å²) in [6, 6.07) is 7.97. The molecule has 0 atom stereocenters. The summed E-state index contributed by atoms with van der Waals surface area (Å²) in [6.45, 7) is 0. The number of benzene rings is 2. The topological polar surface area (TPSA) is 63.6 Å². The van der Waals surface area contributed by atoms with Crippen molar-refractivity contribution < 1.29 is 23.8 Å². The zero-order chi connectivity index (χ0) is 15.6. The second-order valence-electron chi connectivity index (χ2n) is 4.19. The van der Waals surface area contributed by atoms with E-state index in [1.165, 1.54) is 30.3 Å². The van der Waals surface area contributed by atoms with E-state index in [-0.39, 0.29) is 16.1 Å². The molecule has 0 heterocycles. The van der Waals surface area contributed by atoms with Gasteiger partial charge in [0, 0.05) is 10.6 Å². The summed E-state index contributed by atoms with van der Waals surface area (Å²) in [6.07, 6.45) is 0. The Labute approximate surface area is 124 Å². The highest BCUT2D eigenvalue weighted by atomic mass is 35.5. The molecule has 2 aromatic rings. The second-order valence-corrected chi connectivity index (χ2v) is 4.59. The van der Waals surface area contributed by atoms with Gasteiger partial charge < -0.3 is 9.84 Å². The van der Waals surface area contributed by atoms with Crippen LogP contribution in [0.1, 0.15) is 20.7 Å². The van der Waals surface area contributed by atoms with Crippen LogP contribution in [0.2, 0.25) is 5.02 Å². The summed E-state index contributed by atoms with van der Waals surface area (Å²) in [7, 11) is 1.16. The number of hydrogen-bond donors (Lipinski definition) is 1. The van der Waals surface area contributed by atoms with Gasteiger partial charge in [0.25, 0.3) is 0 Å². The van der Waals surface area contributed by atoms with Crippen molar-refractivity contribution in [2.24, 2.45) is 0 Å². The maximum absolute atomic E-state index is 13.9. The lowest BCUT2D eigenvalue weighted by Crippen LogP contribution is -2.04. The number of hydrogen-bond acceptors (Lipinski definition) is 3. The Morgan fingerprint density at radius 3 is 2.48 bits per heavy atom. The zero-order valence-corrected chi connectivity index (χ0v) is 11.6. The number of ether oxygens (including phenoxy) is 1. The lowest BCUT2D eigenvalue weighted by atomic mass is 10.0. The molecule has 0 fully saturated rings. The fourth-order valence-corrected chi connectivity index (χ4v) is 2.06. The van der Waals surface area contributed by atoms with Crippen LogP contribution in [-0.4, -0.2) is 24.2 Å². The Hall–Kier alpha value is -2.40. The van der Waals surface area contributed by atoms with Crippen molar-refractivity contribution >= 4 is 23.5 Å². The molecule has 0 bridgehead atoms. The molecule has 2 rings (SSSR count). The van der Waals surface area contributed by atoms with Crippen molar-refractivity contribution in [2.45, 2.75) is 0 Å². The number of esters is 1. The Balaban J connectivity index is 2.52. The molecule has 0 unspecified atom stereocenters. The van der Waals surface area contributed by atoms with Crippen LogP contribution in [0.5, 0.6) is 0 Å². The fraction of sp³-hybridized carbons (Fsp3) is 0.0667. The van der Waals surface area contributed by atoms with Crippen LogP contribution in [0.3, 0.4) is 0 Å². The fourth-order valence-electron chi connectivity index (χ4n) is 1.84. The van der Waals surface area contributed by atoms with Gasteiger partial charge in [-0.15, -0.1) is 0 Å². The number of halogens is 2. The summed E-state index contributed by atoms with van der Waals surface area (Å²) in [5, 5.41) is 9.25. The molecule has 0 saturated heterocycles. The normalized spacial score (nSPS) is 10.2. The minimum Gasteiger partial charge on any atom is -0.478 e. The van der Waals surface area contributed by atoms with E-state index in [0.29, 0.717) is 11.1 Å². The van der Waals surface area contributed by atoms with Gasteiger partial charge in [0.1, 0.15) is 5.82 Å². The first kappa shape index (κ1) is 15.0. The van der Waals surface area contributed by atoms with Gasteiger partial charge in [0.15, 0.2) is 0 Å². The van der Waals surface area contributed by atoms with E-state index >= 15 is 0 Å². The Morgan fingerprint density at radius 1 is 1.19 bits per heavy atom. The maximum atomic E-state index is 13.9. The molecule has 0 saturated carbocycles. The molecule has 108 valence electrons. The number of carboxylic acids is 1. The number of aromatic carboxylic acids is 1. The highest BCUT2D eigenvalue weighted by molar-refractivity contribution is 6.33. The van der Waals surface area contributed by atoms with Gasteiger partial charge >= 0.3 is 11.9 Å². The summed E-state index contributed by atoms with van der Waals surface area (Å²) in [5.41, 5.74) is 0.568. The molecule has 0 aliphatic carbocycles. The molecule has 0 spiro atoms. The average molecular weight is 309 g/mol. The van der Waals surface area contributed by atoms with Gasteiger partial charge in [-0.05, 0) is 35.9 Å². The minimum atomic E-state index is -1.11. The van der Waals surface area contributed by atoms with Crippen molar-refractivity contribution in [2.75, 3.05) is 7.11 Å². The molecule has 21 heavy (non-hydrogen) atoms. The highest BCUT2D eigenvalue weighted by Crippen LogP contribution is 2.30. The molecule has 2 aromatic carbocycles. The van der Waals surface area contributed by atoms with Crippen LogP contribution in [-0.2, 0) is 4.74 Å². The van der Waals surface area contributed by atoms with E-state index in [1.807, 2.05) is 0 Å². The number of carboxylic acid groups (broad SMARTS) is 1. The van der Waals surface area contributed by atoms with Gasteiger partial charge in [0.05, 0.1) is 18.2 Å². The molecule has 1 N–H and O–H groups in total. The smallest absolute Gasteiger partial charge is 0.340 e. The minimum absolute atomic E-state index is 0.0341. The standard InChI is InChI=1S/C15H10ClFO4/c1-21-15(20)10-4-2-8(7-13(10)17)11-6-9(14(18)19)3-5-12(11)16/h2-7H,1H3,(H,18,19). The van der Waals surface area contributed by atoms with Crippen LogP contribution in [0.4, 0.5) is 4.39 Å². The number of methoxy groups -OCH3 is 1. The zero-order valence-electron chi connectivity index (χ0n) is 10.9. The van der Waals surface area contributed by atoms with Crippen molar-refractivity contribution in [3.63, 3.8) is 0 Å². The molecule has 0 amide bonds.